The predicted molar refractivity (Wildman–Crippen MR) is 114 cm³/mol. The molecular weight excluding hydrogens is 390 g/mol. The van der Waals surface area contributed by atoms with Crippen LogP contribution >= 0.6 is 23.1 Å². The first-order valence-corrected chi connectivity index (χ1v) is 10.7. The quantitative estimate of drug-likeness (QED) is 0.342. The summed E-state index contributed by atoms with van der Waals surface area (Å²) < 4.78 is 6.44. The third kappa shape index (κ3) is 4.26. The van der Waals surface area contributed by atoms with Gasteiger partial charge in [-0.1, -0.05) is 53.4 Å². The van der Waals surface area contributed by atoms with Crippen molar-refractivity contribution in [2.75, 3.05) is 5.32 Å². The predicted octanol–water partition coefficient (Wildman–Crippen LogP) is 5.37. The minimum Gasteiger partial charge on any atom is -0.464 e. The van der Waals surface area contributed by atoms with Crippen LogP contribution in [0.1, 0.15) is 22.3 Å². The number of aryl methyl sites for hydroxylation is 2. The smallest absolute Gasteiger partial charge is 0.230 e. The van der Waals surface area contributed by atoms with Gasteiger partial charge in [0.05, 0.1) is 12.7 Å². The highest BCUT2D eigenvalue weighted by Gasteiger charge is 2.14. The van der Waals surface area contributed by atoms with Crippen LogP contribution in [0.3, 0.4) is 0 Å². The highest BCUT2D eigenvalue weighted by atomic mass is 32.2. The first-order chi connectivity index (χ1) is 13.6. The molecule has 28 heavy (non-hydrogen) atoms. The third-order valence-electron chi connectivity index (χ3n) is 4.48. The minimum atomic E-state index is -0.128. The molecule has 0 saturated heterocycles. The van der Waals surface area contributed by atoms with Crippen molar-refractivity contribution in [3.8, 4) is 0 Å². The van der Waals surface area contributed by atoms with Gasteiger partial charge in [0.2, 0.25) is 11.0 Å². The number of aromatic nitrogens is 2. The van der Waals surface area contributed by atoms with Gasteiger partial charge in [-0.3, -0.25) is 4.79 Å². The van der Waals surface area contributed by atoms with E-state index in [4.69, 9.17) is 4.42 Å². The van der Waals surface area contributed by atoms with E-state index in [0.29, 0.717) is 5.13 Å². The fourth-order valence-electron chi connectivity index (χ4n) is 2.85. The molecule has 0 saturated carbocycles. The molecule has 0 radical (unpaired) electrons. The topological polar surface area (TPSA) is 68.0 Å². The molecule has 0 aliphatic heterocycles. The molecule has 1 N–H and O–H groups in total. The second-order valence-corrected chi connectivity index (χ2v) is 8.77. The Morgan fingerprint density at radius 1 is 1.14 bits per heavy atom. The summed E-state index contributed by atoms with van der Waals surface area (Å²) in [5.74, 6) is 0.695. The Balaban J connectivity index is 1.38. The number of carbonyl (C=O) groups excluding carboxylic acids is 1. The number of fused-ring (bicyclic) bond motifs is 1. The average Bonchev–Trinajstić information content (AvgIpc) is 3.29. The Bertz CT molecular complexity index is 1120. The van der Waals surface area contributed by atoms with Crippen LogP contribution in [0.25, 0.3) is 11.0 Å². The zero-order chi connectivity index (χ0) is 19.5. The molecule has 1 amide bonds. The van der Waals surface area contributed by atoms with Crippen LogP contribution in [0.15, 0.2) is 57.5 Å². The van der Waals surface area contributed by atoms with E-state index in [2.05, 4.69) is 40.6 Å². The second-order valence-electron chi connectivity index (χ2n) is 6.57. The van der Waals surface area contributed by atoms with Gasteiger partial charge in [-0.25, -0.2) is 0 Å². The number of nitrogens with one attached hydrogen (secondary N) is 1. The summed E-state index contributed by atoms with van der Waals surface area (Å²) in [6, 6.07) is 14.3. The maximum Gasteiger partial charge on any atom is 0.230 e. The Labute approximate surface area is 171 Å². The lowest BCUT2D eigenvalue weighted by Gasteiger charge is -2.02. The molecule has 2 aromatic carbocycles. The minimum absolute atomic E-state index is 0.128. The van der Waals surface area contributed by atoms with Gasteiger partial charge in [0, 0.05) is 16.7 Å². The first-order valence-electron chi connectivity index (χ1n) is 8.86. The van der Waals surface area contributed by atoms with Gasteiger partial charge in [-0.05, 0) is 42.7 Å². The average molecular weight is 410 g/mol. The monoisotopic (exact) mass is 409 g/mol. The summed E-state index contributed by atoms with van der Waals surface area (Å²) in [5, 5.41) is 12.6. The summed E-state index contributed by atoms with van der Waals surface area (Å²) in [6.07, 6.45) is 1.89. The van der Waals surface area contributed by atoms with E-state index in [-0.39, 0.29) is 12.3 Å². The highest BCUT2D eigenvalue weighted by Crippen LogP contribution is 2.29. The standard InChI is InChI=1S/C21H19N3O2S2/c1-13-8-17-16(11-26-18(17)9-14(13)2)10-19(25)22-20-23-24-21(28-20)27-12-15-6-4-3-5-7-15/h3-9,11H,10,12H2,1-2H3,(H,22,23,25). The van der Waals surface area contributed by atoms with E-state index in [9.17, 15) is 4.79 Å². The Kier molecular flexibility index (Phi) is 5.45. The molecule has 0 aliphatic rings. The van der Waals surface area contributed by atoms with Crippen LogP contribution in [0.5, 0.6) is 0 Å². The normalized spacial score (nSPS) is 11.1. The lowest BCUT2D eigenvalue weighted by molar-refractivity contribution is -0.115. The summed E-state index contributed by atoms with van der Waals surface area (Å²) >= 11 is 3.00. The number of nitrogens with zero attached hydrogens (tertiary/aromatic N) is 2. The molecule has 142 valence electrons. The molecule has 0 fully saturated rings. The van der Waals surface area contributed by atoms with Crippen molar-refractivity contribution in [3.63, 3.8) is 0 Å². The van der Waals surface area contributed by atoms with E-state index in [1.165, 1.54) is 28.0 Å². The molecular formula is C21H19N3O2S2. The van der Waals surface area contributed by atoms with E-state index in [0.717, 1.165) is 26.6 Å². The van der Waals surface area contributed by atoms with Crippen molar-refractivity contribution in [2.45, 2.75) is 30.4 Å². The molecule has 0 unspecified atom stereocenters. The number of benzene rings is 2. The maximum atomic E-state index is 12.4. The summed E-state index contributed by atoms with van der Waals surface area (Å²) in [7, 11) is 0. The Morgan fingerprint density at radius 2 is 1.93 bits per heavy atom. The molecule has 2 aromatic heterocycles. The number of hydrogen-bond acceptors (Lipinski definition) is 6. The number of thioether (sulfide) groups is 1. The van der Waals surface area contributed by atoms with E-state index < -0.39 is 0 Å². The largest absolute Gasteiger partial charge is 0.464 e. The number of hydrogen-bond donors (Lipinski definition) is 1. The summed E-state index contributed by atoms with van der Waals surface area (Å²) in [6.45, 7) is 4.11. The van der Waals surface area contributed by atoms with Gasteiger partial charge in [0.25, 0.3) is 0 Å². The van der Waals surface area contributed by atoms with E-state index in [1.807, 2.05) is 31.2 Å². The van der Waals surface area contributed by atoms with Crippen molar-refractivity contribution in [1.82, 2.24) is 10.2 Å². The van der Waals surface area contributed by atoms with Gasteiger partial charge >= 0.3 is 0 Å². The van der Waals surface area contributed by atoms with E-state index >= 15 is 0 Å². The van der Waals surface area contributed by atoms with Crippen LogP contribution in [0.2, 0.25) is 0 Å². The van der Waals surface area contributed by atoms with Crippen molar-refractivity contribution in [2.24, 2.45) is 0 Å². The van der Waals surface area contributed by atoms with Crippen LogP contribution < -0.4 is 5.32 Å². The van der Waals surface area contributed by atoms with E-state index in [1.54, 1.807) is 18.0 Å². The maximum absolute atomic E-state index is 12.4. The summed E-state index contributed by atoms with van der Waals surface area (Å²) in [5.41, 5.74) is 5.26. The van der Waals surface area contributed by atoms with Gasteiger partial charge in [0.15, 0.2) is 4.34 Å². The molecule has 2 heterocycles. The number of rotatable bonds is 6. The molecule has 0 aliphatic carbocycles. The van der Waals surface area contributed by atoms with Gasteiger partial charge in [0.1, 0.15) is 5.58 Å². The van der Waals surface area contributed by atoms with Crippen LogP contribution in [-0.4, -0.2) is 16.1 Å². The fourth-order valence-corrected chi connectivity index (χ4v) is 4.57. The molecule has 4 rings (SSSR count). The van der Waals surface area contributed by atoms with Crippen LogP contribution in [0, 0.1) is 13.8 Å². The lowest BCUT2D eigenvalue weighted by atomic mass is 10.0. The van der Waals surface area contributed by atoms with Gasteiger partial charge in [-0.2, -0.15) is 0 Å². The lowest BCUT2D eigenvalue weighted by Crippen LogP contribution is -2.14. The number of amides is 1. The SMILES string of the molecule is Cc1cc2occ(CC(=O)Nc3nnc(SCc4ccccc4)s3)c2cc1C. The molecule has 5 nitrogen and oxygen atoms in total. The van der Waals surface area contributed by atoms with Gasteiger partial charge < -0.3 is 9.73 Å². The molecule has 4 aromatic rings. The third-order valence-corrected chi connectivity index (χ3v) is 6.52. The number of anilines is 1. The first kappa shape index (κ1) is 18.7. The van der Waals surface area contributed by atoms with Crippen LogP contribution in [0.4, 0.5) is 5.13 Å². The van der Waals surface area contributed by atoms with Crippen molar-refractivity contribution in [3.05, 3.63) is 71.0 Å². The number of furan rings is 1. The van der Waals surface area contributed by atoms with Crippen LogP contribution in [-0.2, 0) is 17.0 Å². The second kappa shape index (κ2) is 8.16. The van der Waals surface area contributed by atoms with Gasteiger partial charge in [-0.15, -0.1) is 10.2 Å². The van der Waals surface area contributed by atoms with Crippen molar-refractivity contribution in [1.29, 1.82) is 0 Å². The Hall–Kier alpha value is -2.64. The number of carbonyl (C=O) groups is 1. The molecule has 0 spiro atoms. The zero-order valence-electron chi connectivity index (χ0n) is 15.6. The zero-order valence-corrected chi connectivity index (χ0v) is 17.2. The molecule has 0 bridgehead atoms. The molecule has 7 heteroatoms. The Morgan fingerprint density at radius 3 is 2.75 bits per heavy atom. The fraction of sp³-hybridized carbons (Fsp3) is 0.190. The highest BCUT2D eigenvalue weighted by molar-refractivity contribution is 8.00. The molecule has 0 atom stereocenters. The van der Waals surface area contributed by atoms with Crippen molar-refractivity contribution < 1.29 is 9.21 Å². The van der Waals surface area contributed by atoms with Crippen molar-refractivity contribution >= 4 is 45.1 Å². The summed E-state index contributed by atoms with van der Waals surface area (Å²) in [4.78, 5) is 12.4.